The Bertz CT molecular complexity index is 760. The monoisotopic (exact) mass is 343 g/mol. The minimum Gasteiger partial charge on any atom is -0.340 e. The quantitative estimate of drug-likeness (QED) is 0.836. The van der Waals surface area contributed by atoms with Crippen molar-refractivity contribution in [2.24, 2.45) is 0 Å². The molecule has 1 atom stereocenters. The molecular formula is C17H21N5OS. The number of rotatable bonds is 2. The number of amides is 1. The second-order valence-corrected chi connectivity index (χ2v) is 7.51. The van der Waals surface area contributed by atoms with Gasteiger partial charge in [0.05, 0.1) is 16.1 Å². The molecule has 126 valence electrons. The minimum absolute atomic E-state index is 0.139. The van der Waals surface area contributed by atoms with Gasteiger partial charge in [-0.1, -0.05) is 0 Å². The Labute approximate surface area is 145 Å². The van der Waals surface area contributed by atoms with Gasteiger partial charge in [-0.05, 0) is 19.9 Å². The van der Waals surface area contributed by atoms with Crippen molar-refractivity contribution in [3.05, 3.63) is 24.0 Å². The summed E-state index contributed by atoms with van der Waals surface area (Å²) in [6.07, 6.45) is 3.73. The summed E-state index contributed by atoms with van der Waals surface area (Å²) in [5, 5.41) is 0. The van der Waals surface area contributed by atoms with Crippen molar-refractivity contribution in [3.63, 3.8) is 0 Å². The number of pyridine rings is 1. The summed E-state index contributed by atoms with van der Waals surface area (Å²) in [7, 11) is 1.85. The largest absolute Gasteiger partial charge is 0.340 e. The van der Waals surface area contributed by atoms with E-state index in [1.54, 1.807) is 16.2 Å². The standard InChI is InChI=1S/C17H21N5OS/c1-11(2)21-4-5-22-14(9-21)17(23)20(3)13-6-12(7-19-16(13)22)15-8-18-10-24-15/h6-8,10-11,14H,4-5,9H2,1-3H3. The second kappa shape index (κ2) is 5.82. The molecule has 2 aliphatic rings. The van der Waals surface area contributed by atoms with Crippen LogP contribution in [-0.4, -0.2) is 59.5 Å². The highest BCUT2D eigenvalue weighted by atomic mass is 32.1. The van der Waals surface area contributed by atoms with Crippen molar-refractivity contribution in [1.29, 1.82) is 0 Å². The average Bonchev–Trinajstić information content (AvgIpc) is 3.13. The Kier molecular flexibility index (Phi) is 3.77. The van der Waals surface area contributed by atoms with Crippen LogP contribution < -0.4 is 9.80 Å². The van der Waals surface area contributed by atoms with Gasteiger partial charge in [-0.25, -0.2) is 4.98 Å². The normalized spacial score (nSPS) is 21.2. The van der Waals surface area contributed by atoms with Gasteiger partial charge in [0.25, 0.3) is 5.91 Å². The Balaban J connectivity index is 1.72. The van der Waals surface area contributed by atoms with Gasteiger partial charge in [0.2, 0.25) is 0 Å². The van der Waals surface area contributed by atoms with Gasteiger partial charge < -0.3 is 9.80 Å². The molecule has 4 rings (SSSR count). The van der Waals surface area contributed by atoms with Crippen LogP contribution in [0.1, 0.15) is 13.8 Å². The number of likely N-dealkylation sites (N-methyl/N-ethyl adjacent to an activating group) is 1. The fraction of sp³-hybridized carbons (Fsp3) is 0.471. The number of nitrogens with zero attached hydrogens (tertiary/aromatic N) is 5. The molecule has 7 heteroatoms. The number of carbonyl (C=O) groups excluding carboxylic acids is 1. The maximum Gasteiger partial charge on any atom is 0.250 e. The molecule has 0 bridgehead atoms. The first-order chi connectivity index (χ1) is 11.6. The Morgan fingerprint density at radius 2 is 2.12 bits per heavy atom. The van der Waals surface area contributed by atoms with E-state index in [9.17, 15) is 4.79 Å². The zero-order valence-corrected chi connectivity index (χ0v) is 15.0. The number of aromatic nitrogens is 2. The number of anilines is 2. The smallest absolute Gasteiger partial charge is 0.250 e. The zero-order chi connectivity index (χ0) is 16.8. The molecule has 2 aliphatic heterocycles. The molecule has 0 saturated carbocycles. The van der Waals surface area contributed by atoms with Crippen LogP contribution in [0, 0.1) is 0 Å². The third-order valence-electron chi connectivity index (χ3n) is 4.96. The number of thiazole rings is 1. The number of hydrogen-bond donors (Lipinski definition) is 0. The summed E-state index contributed by atoms with van der Waals surface area (Å²) < 4.78 is 0. The van der Waals surface area contributed by atoms with Crippen LogP contribution in [0.4, 0.5) is 11.5 Å². The zero-order valence-electron chi connectivity index (χ0n) is 14.1. The molecule has 0 aromatic carbocycles. The van der Waals surface area contributed by atoms with E-state index in [2.05, 4.69) is 34.7 Å². The first-order valence-electron chi connectivity index (χ1n) is 8.23. The van der Waals surface area contributed by atoms with Crippen molar-refractivity contribution in [1.82, 2.24) is 14.9 Å². The predicted molar refractivity (Wildman–Crippen MR) is 96.6 cm³/mol. The van der Waals surface area contributed by atoms with E-state index in [0.717, 1.165) is 41.6 Å². The number of carbonyl (C=O) groups is 1. The lowest BCUT2D eigenvalue weighted by molar-refractivity contribution is -0.121. The van der Waals surface area contributed by atoms with Crippen LogP contribution in [0.2, 0.25) is 0 Å². The van der Waals surface area contributed by atoms with E-state index >= 15 is 0 Å². The maximum absolute atomic E-state index is 12.9. The molecule has 0 radical (unpaired) electrons. The summed E-state index contributed by atoms with van der Waals surface area (Å²) >= 11 is 1.58. The molecule has 2 aromatic heterocycles. The lowest BCUT2D eigenvalue weighted by Gasteiger charge is -2.47. The van der Waals surface area contributed by atoms with Gasteiger partial charge in [0, 0.05) is 50.7 Å². The van der Waals surface area contributed by atoms with Crippen LogP contribution >= 0.6 is 11.3 Å². The minimum atomic E-state index is -0.139. The van der Waals surface area contributed by atoms with Crippen molar-refractivity contribution < 1.29 is 4.79 Å². The molecule has 1 unspecified atom stereocenters. The van der Waals surface area contributed by atoms with E-state index in [-0.39, 0.29) is 11.9 Å². The molecule has 2 aromatic rings. The van der Waals surface area contributed by atoms with E-state index in [1.165, 1.54) is 0 Å². The molecule has 6 nitrogen and oxygen atoms in total. The van der Waals surface area contributed by atoms with Gasteiger partial charge in [0.1, 0.15) is 6.04 Å². The van der Waals surface area contributed by atoms with Crippen LogP contribution in [0.15, 0.2) is 24.0 Å². The third kappa shape index (κ3) is 2.39. The van der Waals surface area contributed by atoms with Crippen molar-refractivity contribution in [2.75, 3.05) is 36.5 Å². The van der Waals surface area contributed by atoms with Crippen molar-refractivity contribution in [2.45, 2.75) is 25.9 Å². The topological polar surface area (TPSA) is 52.6 Å². The summed E-state index contributed by atoms with van der Waals surface area (Å²) in [4.78, 5) is 29.1. The van der Waals surface area contributed by atoms with Crippen molar-refractivity contribution >= 4 is 28.7 Å². The van der Waals surface area contributed by atoms with Crippen LogP contribution in [0.5, 0.6) is 0 Å². The first kappa shape index (κ1) is 15.5. The molecule has 0 N–H and O–H groups in total. The molecule has 1 fully saturated rings. The molecule has 0 aliphatic carbocycles. The average molecular weight is 343 g/mol. The molecule has 0 spiro atoms. The maximum atomic E-state index is 12.9. The highest BCUT2D eigenvalue weighted by Crippen LogP contribution is 2.38. The van der Waals surface area contributed by atoms with Gasteiger partial charge in [-0.2, -0.15) is 0 Å². The predicted octanol–water partition coefficient (Wildman–Crippen LogP) is 2.08. The first-order valence-corrected chi connectivity index (χ1v) is 9.11. The second-order valence-electron chi connectivity index (χ2n) is 6.63. The molecule has 1 amide bonds. The van der Waals surface area contributed by atoms with Crippen LogP contribution in [0.3, 0.4) is 0 Å². The Hall–Kier alpha value is -1.99. The highest BCUT2D eigenvalue weighted by Gasteiger charge is 2.41. The van der Waals surface area contributed by atoms with E-state index in [0.29, 0.717) is 6.04 Å². The van der Waals surface area contributed by atoms with Crippen molar-refractivity contribution in [3.8, 4) is 10.4 Å². The summed E-state index contributed by atoms with van der Waals surface area (Å²) in [5.74, 6) is 1.06. The number of hydrogen-bond acceptors (Lipinski definition) is 6. The summed E-state index contributed by atoms with van der Waals surface area (Å²) in [5.41, 5.74) is 3.71. The summed E-state index contributed by atoms with van der Waals surface area (Å²) in [6, 6.07) is 2.37. The summed E-state index contributed by atoms with van der Waals surface area (Å²) in [6.45, 7) is 6.92. The molecule has 1 saturated heterocycles. The van der Waals surface area contributed by atoms with Gasteiger partial charge in [-0.15, -0.1) is 11.3 Å². The van der Waals surface area contributed by atoms with Gasteiger partial charge in [0.15, 0.2) is 5.82 Å². The van der Waals surface area contributed by atoms with Gasteiger partial charge >= 0.3 is 0 Å². The van der Waals surface area contributed by atoms with Gasteiger partial charge in [-0.3, -0.25) is 14.7 Å². The van der Waals surface area contributed by atoms with Crippen LogP contribution in [-0.2, 0) is 4.79 Å². The molecule has 24 heavy (non-hydrogen) atoms. The fourth-order valence-corrected chi connectivity index (χ4v) is 4.09. The molecule has 4 heterocycles. The van der Waals surface area contributed by atoms with E-state index in [4.69, 9.17) is 4.98 Å². The van der Waals surface area contributed by atoms with E-state index in [1.807, 2.05) is 25.0 Å². The number of piperazine rings is 1. The Morgan fingerprint density at radius 3 is 2.83 bits per heavy atom. The highest BCUT2D eigenvalue weighted by molar-refractivity contribution is 7.13. The lowest BCUT2D eigenvalue weighted by atomic mass is 10.0. The SMILES string of the molecule is CC(C)N1CCN2c3ncc(-c4cncs4)cc3N(C)C(=O)C2C1. The molecular weight excluding hydrogens is 322 g/mol. The van der Waals surface area contributed by atoms with E-state index < -0.39 is 0 Å². The third-order valence-corrected chi connectivity index (χ3v) is 5.78. The lowest BCUT2D eigenvalue weighted by Crippen LogP contribution is -2.63. The Morgan fingerprint density at radius 1 is 1.29 bits per heavy atom. The number of fused-ring (bicyclic) bond motifs is 3. The van der Waals surface area contributed by atoms with Crippen LogP contribution in [0.25, 0.3) is 10.4 Å². The fourth-order valence-electron chi connectivity index (χ4n) is 3.49.